The van der Waals surface area contributed by atoms with Crippen LogP contribution in [0.15, 0.2) is 23.2 Å². The van der Waals surface area contributed by atoms with E-state index in [1.165, 1.54) is 6.08 Å². The predicted molar refractivity (Wildman–Crippen MR) is 125 cm³/mol. The fourth-order valence-corrected chi connectivity index (χ4v) is 2.43. The molecule has 3 aliphatic heterocycles. The molecule has 1 aliphatic carbocycles. The number of hydrogen-bond acceptors (Lipinski definition) is 11. The zero-order valence-corrected chi connectivity index (χ0v) is 20.2. The zero-order chi connectivity index (χ0) is 25.2. The van der Waals surface area contributed by atoms with Gasteiger partial charge >= 0.3 is 0 Å². The van der Waals surface area contributed by atoms with Crippen LogP contribution in [-0.4, -0.2) is 117 Å². The minimum absolute atomic E-state index is 0.00546. The Kier molecular flexibility index (Phi) is 8.32. The van der Waals surface area contributed by atoms with E-state index in [0.29, 0.717) is 17.1 Å². The summed E-state index contributed by atoms with van der Waals surface area (Å²) in [5, 5.41) is 25.0. The van der Waals surface area contributed by atoms with Gasteiger partial charge in [0.2, 0.25) is 11.6 Å². The van der Waals surface area contributed by atoms with Crippen molar-refractivity contribution in [2.24, 2.45) is 17.2 Å². The summed E-state index contributed by atoms with van der Waals surface area (Å²) in [6, 6.07) is 0. The maximum absolute atomic E-state index is 12.4. The monoisotopic (exact) mass is 468 g/mol. The summed E-state index contributed by atoms with van der Waals surface area (Å²) in [5.74, 6) is 0.0485. The summed E-state index contributed by atoms with van der Waals surface area (Å²) in [5.41, 5.74) is 16.6. The van der Waals surface area contributed by atoms with E-state index >= 15 is 0 Å². The molecule has 0 spiro atoms. The topological polar surface area (TPSA) is 182 Å². The van der Waals surface area contributed by atoms with Crippen LogP contribution in [0.1, 0.15) is 27.7 Å². The first-order valence-electron chi connectivity index (χ1n) is 11.2. The van der Waals surface area contributed by atoms with Crippen molar-refractivity contribution in [3.8, 4) is 0 Å². The number of carbonyl (C=O) groups is 2. The van der Waals surface area contributed by atoms with Gasteiger partial charge in [0.05, 0.1) is 31.1 Å². The molecule has 4 aliphatic rings. The second-order valence-corrected chi connectivity index (χ2v) is 10.2. The van der Waals surface area contributed by atoms with E-state index < -0.39 is 25.4 Å². The summed E-state index contributed by atoms with van der Waals surface area (Å²) in [6.07, 6.45) is 1.52. The summed E-state index contributed by atoms with van der Waals surface area (Å²) in [6.45, 7) is 11.9. The first-order valence-corrected chi connectivity index (χ1v) is 11.2. The molecule has 0 unspecified atom stereocenters. The van der Waals surface area contributed by atoms with Crippen LogP contribution in [0.4, 0.5) is 0 Å². The summed E-state index contributed by atoms with van der Waals surface area (Å²) >= 11 is 0. The van der Waals surface area contributed by atoms with E-state index in [0.717, 1.165) is 39.3 Å². The average molecular weight is 469 g/mol. The zero-order valence-electron chi connectivity index (χ0n) is 20.2. The lowest BCUT2D eigenvalue weighted by Gasteiger charge is -2.34. The van der Waals surface area contributed by atoms with Crippen molar-refractivity contribution in [1.29, 1.82) is 0 Å². The highest BCUT2D eigenvalue weighted by Crippen LogP contribution is 2.33. The third kappa shape index (κ3) is 7.23. The Hall–Kier alpha value is -2.02. The van der Waals surface area contributed by atoms with Crippen LogP contribution in [0.2, 0.25) is 0 Å². The molecular formula is C22H40N6O5. The highest BCUT2D eigenvalue weighted by Gasteiger charge is 2.43. The van der Waals surface area contributed by atoms with Crippen LogP contribution in [-0.2, 0) is 9.59 Å². The van der Waals surface area contributed by atoms with Crippen molar-refractivity contribution in [1.82, 2.24) is 14.7 Å². The van der Waals surface area contributed by atoms with Gasteiger partial charge in [-0.15, -0.1) is 0 Å². The summed E-state index contributed by atoms with van der Waals surface area (Å²) in [7, 11) is 0. The van der Waals surface area contributed by atoms with Gasteiger partial charge in [0, 0.05) is 56.4 Å². The number of carbonyl (C=O) groups excluding carboxylic acids is 2. The maximum atomic E-state index is 12.4. The Bertz CT molecular complexity index is 775. The lowest BCUT2D eigenvalue weighted by Crippen LogP contribution is -2.58. The van der Waals surface area contributed by atoms with E-state index in [4.69, 9.17) is 32.5 Å². The molecule has 0 aromatic heterocycles. The highest BCUT2D eigenvalue weighted by atomic mass is 16.3. The van der Waals surface area contributed by atoms with Gasteiger partial charge < -0.3 is 47.2 Å². The van der Waals surface area contributed by atoms with Crippen molar-refractivity contribution in [3.05, 3.63) is 23.2 Å². The van der Waals surface area contributed by atoms with E-state index in [1.807, 2.05) is 42.4 Å². The number of hydrogen-bond donors (Lipinski definition) is 6. The molecule has 3 heterocycles. The molecule has 188 valence electrons. The first-order chi connectivity index (χ1) is 15.2. The van der Waals surface area contributed by atoms with Crippen LogP contribution in [0, 0.1) is 0 Å². The minimum atomic E-state index is -1.21. The fourth-order valence-electron chi connectivity index (χ4n) is 2.43. The molecule has 0 aromatic rings. The van der Waals surface area contributed by atoms with E-state index in [2.05, 4.69) is 0 Å². The Labute approximate surface area is 195 Å². The molecule has 0 radical (unpaired) electrons. The number of rotatable bonds is 7. The number of aliphatic hydroxyl groups excluding tert-OH is 3. The quantitative estimate of drug-likeness (QED) is 0.169. The average Bonchev–Trinajstić information content (AvgIpc) is 3.56. The lowest BCUT2D eigenvalue weighted by atomic mass is 9.85. The second-order valence-electron chi connectivity index (χ2n) is 10.2. The molecule has 11 nitrogen and oxygen atoms in total. The Morgan fingerprint density at radius 2 is 1.09 bits per heavy atom. The third-order valence-electron chi connectivity index (χ3n) is 6.09. The van der Waals surface area contributed by atoms with Gasteiger partial charge in [-0.2, -0.15) is 0 Å². The number of aliphatic hydroxyl groups is 3. The van der Waals surface area contributed by atoms with Gasteiger partial charge in [-0.05, 0) is 27.7 Å². The van der Waals surface area contributed by atoms with Crippen molar-refractivity contribution in [2.45, 2.75) is 44.3 Å². The molecule has 33 heavy (non-hydrogen) atoms. The Balaban J connectivity index is 0.000000205. The fraction of sp³-hybridized carbons (Fsp3) is 0.727. The normalized spacial score (nSPS) is 20.1. The molecule has 9 N–H and O–H groups in total. The molecule has 4 rings (SSSR count). The number of ketones is 2. The highest BCUT2D eigenvalue weighted by molar-refractivity contribution is 6.22. The van der Waals surface area contributed by atoms with Gasteiger partial charge in [-0.25, -0.2) is 0 Å². The second kappa shape index (κ2) is 10.1. The SMILES string of the molecule is CC(C)(N)C(C)(C)N.NC(CO)(CO)CO.O=C1C=C(N2CC2)C(=O)C(N2CC2)=C1N1CC1. The van der Waals surface area contributed by atoms with Gasteiger partial charge in [-0.1, -0.05) is 0 Å². The van der Waals surface area contributed by atoms with Gasteiger partial charge in [0.25, 0.3) is 0 Å². The van der Waals surface area contributed by atoms with E-state index in [9.17, 15) is 9.59 Å². The minimum Gasteiger partial charge on any atom is -0.394 e. The van der Waals surface area contributed by atoms with Crippen LogP contribution in [0.25, 0.3) is 0 Å². The van der Waals surface area contributed by atoms with Crippen LogP contribution >= 0.6 is 0 Å². The van der Waals surface area contributed by atoms with Crippen molar-refractivity contribution < 1.29 is 24.9 Å². The molecule has 3 fully saturated rings. The van der Waals surface area contributed by atoms with Crippen molar-refractivity contribution >= 4 is 11.6 Å². The summed E-state index contributed by atoms with van der Waals surface area (Å²) < 4.78 is 0. The molecule has 0 aromatic carbocycles. The largest absolute Gasteiger partial charge is 0.394 e. The molecule has 0 bridgehead atoms. The molecule has 0 saturated carbocycles. The summed E-state index contributed by atoms with van der Waals surface area (Å²) in [4.78, 5) is 30.5. The van der Waals surface area contributed by atoms with Crippen LogP contribution in [0.3, 0.4) is 0 Å². The van der Waals surface area contributed by atoms with Gasteiger partial charge in [0.15, 0.2) is 0 Å². The lowest BCUT2D eigenvalue weighted by molar-refractivity contribution is -0.117. The van der Waals surface area contributed by atoms with Crippen molar-refractivity contribution in [3.63, 3.8) is 0 Å². The molecule has 3 saturated heterocycles. The number of nitrogens with two attached hydrogens (primary N) is 3. The van der Waals surface area contributed by atoms with E-state index in [1.54, 1.807) is 0 Å². The van der Waals surface area contributed by atoms with Gasteiger partial charge in [-0.3, -0.25) is 9.59 Å². The first kappa shape index (κ1) is 27.2. The molecule has 0 amide bonds. The molecule has 11 heteroatoms. The van der Waals surface area contributed by atoms with Crippen LogP contribution in [0.5, 0.6) is 0 Å². The maximum Gasteiger partial charge on any atom is 0.227 e. The molecular weight excluding hydrogens is 428 g/mol. The standard InChI is InChI=1S/C12H13N3O2.C6H16N2.C4H11NO3/c16-9-7-8(13-1-2-13)12(17)11(15-5-6-15)10(9)14-3-4-14;1-5(2,7)6(3,4)8;5-4(1-6,2-7)3-8/h7H,1-6H2;7-8H2,1-4H3;6-8H,1-3,5H2. The number of nitrogens with zero attached hydrogens (tertiary/aromatic N) is 3. The molecule has 0 atom stereocenters. The Morgan fingerprint density at radius 3 is 1.36 bits per heavy atom. The van der Waals surface area contributed by atoms with Gasteiger partial charge in [0.1, 0.15) is 11.4 Å². The van der Waals surface area contributed by atoms with E-state index in [-0.39, 0.29) is 22.6 Å². The predicted octanol–water partition coefficient (Wildman–Crippen LogP) is -2.70. The smallest absolute Gasteiger partial charge is 0.227 e. The van der Waals surface area contributed by atoms with Crippen LogP contribution < -0.4 is 17.2 Å². The third-order valence-corrected chi connectivity index (χ3v) is 6.09. The Morgan fingerprint density at radius 1 is 0.727 bits per heavy atom. The number of Topliss-reactive ketones (excluding diaryl/α,β-unsaturated/α-hetero) is 1. The van der Waals surface area contributed by atoms with Crippen molar-refractivity contribution in [2.75, 3.05) is 59.1 Å². The number of allylic oxidation sites excluding steroid dienone is 1.